The molecule has 0 aromatic heterocycles. The largest absolute Gasteiger partial charge is 0.387 e. The quantitative estimate of drug-likeness (QED) is 0.877. The lowest BCUT2D eigenvalue weighted by atomic mass is 10.1. The summed E-state index contributed by atoms with van der Waals surface area (Å²) < 4.78 is 13.1. The highest BCUT2D eigenvalue weighted by molar-refractivity contribution is 6.30. The van der Waals surface area contributed by atoms with Gasteiger partial charge in [-0.2, -0.15) is 0 Å². The average molecular weight is 294 g/mol. The summed E-state index contributed by atoms with van der Waals surface area (Å²) >= 11 is 5.95. The molecule has 0 heterocycles. The fourth-order valence-electron chi connectivity index (χ4n) is 2.01. The molecule has 2 N–H and O–H groups in total. The van der Waals surface area contributed by atoms with Crippen LogP contribution in [0.15, 0.2) is 48.5 Å². The Kier molecular flexibility index (Phi) is 5.12. The monoisotopic (exact) mass is 293 g/mol. The van der Waals surface area contributed by atoms with Crippen molar-refractivity contribution in [1.82, 2.24) is 5.32 Å². The fraction of sp³-hybridized carbons (Fsp3) is 0.250. The summed E-state index contributed by atoms with van der Waals surface area (Å²) in [6.07, 6.45) is -0.743. The van der Waals surface area contributed by atoms with Crippen LogP contribution in [0.25, 0.3) is 0 Å². The highest BCUT2D eigenvalue weighted by Crippen LogP contribution is 2.19. The van der Waals surface area contributed by atoms with Crippen molar-refractivity contribution in [3.05, 3.63) is 70.5 Å². The molecule has 0 saturated heterocycles. The zero-order valence-electron chi connectivity index (χ0n) is 11.2. The van der Waals surface area contributed by atoms with Gasteiger partial charge in [0, 0.05) is 17.6 Å². The molecule has 2 nitrogen and oxygen atoms in total. The Labute approximate surface area is 123 Å². The van der Waals surface area contributed by atoms with Gasteiger partial charge in [-0.05, 0) is 42.3 Å². The molecule has 0 amide bonds. The number of aliphatic hydroxyl groups is 1. The van der Waals surface area contributed by atoms with Crippen LogP contribution >= 0.6 is 11.6 Å². The molecule has 4 heteroatoms. The Morgan fingerprint density at radius 1 is 1.15 bits per heavy atom. The van der Waals surface area contributed by atoms with E-state index in [-0.39, 0.29) is 11.9 Å². The van der Waals surface area contributed by atoms with Crippen molar-refractivity contribution in [2.24, 2.45) is 0 Å². The van der Waals surface area contributed by atoms with Crippen molar-refractivity contribution in [1.29, 1.82) is 0 Å². The highest BCUT2D eigenvalue weighted by Gasteiger charge is 2.11. The molecule has 0 aliphatic rings. The van der Waals surface area contributed by atoms with Crippen LogP contribution in [-0.2, 0) is 0 Å². The van der Waals surface area contributed by atoms with Gasteiger partial charge in [0.1, 0.15) is 5.82 Å². The molecule has 2 aromatic carbocycles. The van der Waals surface area contributed by atoms with Crippen molar-refractivity contribution in [3.8, 4) is 0 Å². The van der Waals surface area contributed by atoms with Gasteiger partial charge in [-0.1, -0.05) is 35.9 Å². The van der Waals surface area contributed by atoms with Crippen LogP contribution in [0.1, 0.15) is 30.2 Å². The van der Waals surface area contributed by atoms with E-state index < -0.39 is 6.10 Å². The molecule has 2 unspecified atom stereocenters. The Morgan fingerprint density at radius 2 is 1.85 bits per heavy atom. The van der Waals surface area contributed by atoms with E-state index in [2.05, 4.69) is 5.32 Å². The van der Waals surface area contributed by atoms with Crippen molar-refractivity contribution >= 4 is 11.6 Å². The SMILES string of the molecule is CC(NCC(O)c1cccc(F)c1)c1cccc(Cl)c1. The van der Waals surface area contributed by atoms with Gasteiger partial charge in [-0.3, -0.25) is 0 Å². The zero-order valence-corrected chi connectivity index (χ0v) is 11.9. The molecule has 0 radical (unpaired) electrons. The fourth-order valence-corrected chi connectivity index (χ4v) is 2.21. The first-order valence-corrected chi connectivity index (χ1v) is 6.86. The van der Waals surface area contributed by atoms with Crippen molar-refractivity contribution < 1.29 is 9.50 Å². The smallest absolute Gasteiger partial charge is 0.123 e. The lowest BCUT2D eigenvalue weighted by Gasteiger charge is -2.18. The van der Waals surface area contributed by atoms with E-state index in [4.69, 9.17) is 11.6 Å². The first-order chi connectivity index (χ1) is 9.56. The third kappa shape index (κ3) is 4.04. The van der Waals surface area contributed by atoms with Crippen LogP contribution in [-0.4, -0.2) is 11.7 Å². The second kappa shape index (κ2) is 6.84. The summed E-state index contributed by atoms with van der Waals surface area (Å²) in [5, 5.41) is 13.9. The van der Waals surface area contributed by atoms with Crippen LogP contribution in [0.3, 0.4) is 0 Å². The minimum atomic E-state index is -0.743. The van der Waals surface area contributed by atoms with Gasteiger partial charge in [0.25, 0.3) is 0 Å². The van der Waals surface area contributed by atoms with Crippen LogP contribution < -0.4 is 5.32 Å². The van der Waals surface area contributed by atoms with E-state index in [0.29, 0.717) is 17.1 Å². The Balaban J connectivity index is 1.94. The minimum Gasteiger partial charge on any atom is -0.387 e. The van der Waals surface area contributed by atoms with E-state index in [1.165, 1.54) is 12.1 Å². The van der Waals surface area contributed by atoms with E-state index in [1.54, 1.807) is 12.1 Å². The van der Waals surface area contributed by atoms with Gasteiger partial charge in [0.2, 0.25) is 0 Å². The van der Waals surface area contributed by atoms with E-state index in [9.17, 15) is 9.50 Å². The van der Waals surface area contributed by atoms with Crippen molar-refractivity contribution in [2.75, 3.05) is 6.54 Å². The van der Waals surface area contributed by atoms with E-state index >= 15 is 0 Å². The van der Waals surface area contributed by atoms with Crippen molar-refractivity contribution in [3.63, 3.8) is 0 Å². The topological polar surface area (TPSA) is 32.3 Å². The average Bonchev–Trinajstić information content (AvgIpc) is 2.44. The molecule has 2 atom stereocenters. The van der Waals surface area contributed by atoms with Gasteiger partial charge in [-0.25, -0.2) is 4.39 Å². The third-order valence-corrected chi connectivity index (χ3v) is 3.43. The maximum absolute atomic E-state index is 13.1. The summed E-state index contributed by atoms with van der Waals surface area (Å²) in [7, 11) is 0. The first kappa shape index (κ1) is 15.0. The summed E-state index contributed by atoms with van der Waals surface area (Å²) in [4.78, 5) is 0. The molecule has 0 saturated carbocycles. The normalized spacial score (nSPS) is 14.0. The predicted molar refractivity (Wildman–Crippen MR) is 79.2 cm³/mol. The molecule has 106 valence electrons. The lowest BCUT2D eigenvalue weighted by Crippen LogP contribution is -2.24. The zero-order chi connectivity index (χ0) is 14.5. The number of benzene rings is 2. The number of nitrogens with one attached hydrogen (secondary N) is 1. The van der Waals surface area contributed by atoms with Gasteiger partial charge >= 0.3 is 0 Å². The van der Waals surface area contributed by atoms with E-state index in [1.807, 2.05) is 31.2 Å². The second-order valence-corrected chi connectivity index (χ2v) is 5.19. The minimum absolute atomic E-state index is 0.0527. The Hall–Kier alpha value is -1.42. The van der Waals surface area contributed by atoms with Crippen molar-refractivity contribution in [2.45, 2.75) is 19.1 Å². The Bertz CT molecular complexity index is 524. The van der Waals surface area contributed by atoms with E-state index in [0.717, 1.165) is 5.56 Å². The van der Waals surface area contributed by atoms with Crippen LogP contribution in [0.2, 0.25) is 5.02 Å². The molecule has 0 spiro atoms. The maximum Gasteiger partial charge on any atom is 0.123 e. The summed E-state index contributed by atoms with van der Waals surface area (Å²) in [5.41, 5.74) is 1.61. The van der Waals surface area contributed by atoms with Gasteiger partial charge in [0.05, 0.1) is 6.10 Å². The standard InChI is InChI=1S/C16H17ClFNO/c1-11(12-4-2-6-14(17)8-12)19-10-16(20)13-5-3-7-15(18)9-13/h2-9,11,16,19-20H,10H2,1H3. The van der Waals surface area contributed by atoms with Crippen LogP contribution in [0.5, 0.6) is 0 Å². The molecule has 0 bridgehead atoms. The van der Waals surface area contributed by atoms with Crippen LogP contribution in [0, 0.1) is 5.82 Å². The predicted octanol–water partition coefficient (Wildman–Crippen LogP) is 3.86. The number of halogens is 2. The molecule has 0 fully saturated rings. The summed E-state index contributed by atoms with van der Waals surface area (Å²) in [6.45, 7) is 2.33. The molecule has 20 heavy (non-hydrogen) atoms. The number of hydrogen-bond acceptors (Lipinski definition) is 2. The summed E-state index contributed by atoms with van der Waals surface area (Å²) in [6, 6.07) is 13.6. The highest BCUT2D eigenvalue weighted by atomic mass is 35.5. The molecule has 2 rings (SSSR count). The van der Waals surface area contributed by atoms with Crippen LogP contribution in [0.4, 0.5) is 4.39 Å². The first-order valence-electron chi connectivity index (χ1n) is 6.48. The Morgan fingerprint density at radius 3 is 2.55 bits per heavy atom. The molecular formula is C16H17ClFNO. The van der Waals surface area contributed by atoms with Gasteiger partial charge < -0.3 is 10.4 Å². The molecule has 2 aromatic rings. The summed E-state index contributed by atoms with van der Waals surface area (Å²) in [5.74, 6) is -0.343. The van der Waals surface area contributed by atoms with Gasteiger partial charge in [-0.15, -0.1) is 0 Å². The maximum atomic E-state index is 13.1. The number of hydrogen-bond donors (Lipinski definition) is 2. The molecule has 0 aliphatic heterocycles. The third-order valence-electron chi connectivity index (χ3n) is 3.20. The second-order valence-electron chi connectivity index (χ2n) is 4.76. The van der Waals surface area contributed by atoms with Gasteiger partial charge in [0.15, 0.2) is 0 Å². The molecular weight excluding hydrogens is 277 g/mol. The number of rotatable bonds is 5. The molecule has 0 aliphatic carbocycles. The number of aliphatic hydroxyl groups excluding tert-OH is 1. The lowest BCUT2D eigenvalue weighted by molar-refractivity contribution is 0.170.